The summed E-state index contributed by atoms with van der Waals surface area (Å²) in [4.78, 5) is 36.7. The van der Waals surface area contributed by atoms with Crippen LogP contribution in [0, 0.1) is 0 Å². The molecule has 3 rings (SSSR count). The number of nitrogens with one attached hydrogen (secondary N) is 2. The van der Waals surface area contributed by atoms with E-state index in [4.69, 9.17) is 4.74 Å². The van der Waals surface area contributed by atoms with Crippen molar-refractivity contribution in [3.8, 4) is 0 Å². The summed E-state index contributed by atoms with van der Waals surface area (Å²) in [6.45, 7) is 5.83. The van der Waals surface area contributed by atoms with Gasteiger partial charge in [-0.15, -0.1) is 0 Å². The maximum absolute atomic E-state index is 12.6. The highest BCUT2D eigenvalue weighted by Crippen LogP contribution is 2.20. The zero-order chi connectivity index (χ0) is 21.7. The van der Waals surface area contributed by atoms with Gasteiger partial charge in [-0.1, -0.05) is 25.0 Å². The van der Waals surface area contributed by atoms with Gasteiger partial charge in [-0.2, -0.15) is 5.10 Å². The zero-order valence-electron chi connectivity index (χ0n) is 17.8. The van der Waals surface area contributed by atoms with Crippen molar-refractivity contribution in [3.63, 3.8) is 0 Å². The van der Waals surface area contributed by atoms with E-state index in [2.05, 4.69) is 15.7 Å². The molecule has 1 aliphatic carbocycles. The Hall–Kier alpha value is -2.90. The molecule has 0 aliphatic heterocycles. The van der Waals surface area contributed by atoms with E-state index < -0.39 is 11.7 Å². The number of benzene rings is 1. The van der Waals surface area contributed by atoms with E-state index in [0.717, 1.165) is 25.7 Å². The van der Waals surface area contributed by atoms with Crippen LogP contribution in [0.5, 0.6) is 0 Å². The third-order valence-corrected chi connectivity index (χ3v) is 5.13. The van der Waals surface area contributed by atoms with Crippen LogP contribution in [0.2, 0.25) is 0 Å². The summed E-state index contributed by atoms with van der Waals surface area (Å²) in [5.41, 5.74) is 0.00826. The Morgan fingerprint density at radius 3 is 2.50 bits per heavy atom. The number of nitrogens with zero attached hydrogens (tertiary/aromatic N) is 2. The Balaban J connectivity index is 1.59. The number of fused-ring (bicyclic) bond motifs is 1. The maximum atomic E-state index is 12.6. The Kier molecular flexibility index (Phi) is 6.74. The average molecular weight is 415 g/mol. The Labute approximate surface area is 176 Å². The molecule has 2 atom stereocenters. The molecule has 0 spiro atoms. The van der Waals surface area contributed by atoms with Crippen molar-refractivity contribution in [1.29, 1.82) is 0 Å². The minimum Gasteiger partial charge on any atom is -0.444 e. The molecule has 1 heterocycles. The summed E-state index contributed by atoms with van der Waals surface area (Å²) < 4.78 is 7.02. The first-order valence-corrected chi connectivity index (χ1v) is 10.5. The van der Waals surface area contributed by atoms with Gasteiger partial charge in [0.15, 0.2) is 0 Å². The molecule has 0 saturated heterocycles. The molecule has 162 valence electrons. The standard InChI is InChI=1S/C22H30N4O4/c1-22(2,3)30-21(29)25-17-10-6-5-9-16(17)24-20(28)12-13-26-18-11-7-4-8-15(18)19(27)14-23-26/h4,7-8,11,14,16-17H,5-6,9-10,12-13H2,1-3H3,(H,24,28)(H,25,29). The van der Waals surface area contributed by atoms with Crippen LogP contribution in [-0.4, -0.2) is 39.5 Å². The zero-order valence-corrected chi connectivity index (χ0v) is 17.8. The first-order valence-electron chi connectivity index (χ1n) is 10.5. The number of carbonyl (C=O) groups is 2. The van der Waals surface area contributed by atoms with Crippen LogP contribution in [0.25, 0.3) is 10.9 Å². The Morgan fingerprint density at radius 1 is 1.13 bits per heavy atom. The number of hydrogen-bond donors (Lipinski definition) is 2. The first kappa shape index (κ1) is 21.8. The molecular weight excluding hydrogens is 384 g/mol. The smallest absolute Gasteiger partial charge is 0.407 e. The van der Waals surface area contributed by atoms with Crippen molar-refractivity contribution in [2.24, 2.45) is 0 Å². The lowest BCUT2D eigenvalue weighted by Crippen LogP contribution is -2.54. The van der Waals surface area contributed by atoms with Crippen LogP contribution < -0.4 is 16.1 Å². The normalized spacial score (nSPS) is 19.3. The molecule has 2 aromatic rings. The quantitative estimate of drug-likeness (QED) is 0.783. The number of ether oxygens (including phenoxy) is 1. The first-order chi connectivity index (χ1) is 14.2. The number of amides is 2. The summed E-state index contributed by atoms with van der Waals surface area (Å²) in [6, 6.07) is 6.95. The van der Waals surface area contributed by atoms with Crippen LogP contribution in [0.3, 0.4) is 0 Å². The van der Waals surface area contributed by atoms with E-state index in [1.165, 1.54) is 6.20 Å². The Morgan fingerprint density at radius 2 is 1.80 bits per heavy atom. The molecule has 1 saturated carbocycles. The van der Waals surface area contributed by atoms with Crippen molar-refractivity contribution < 1.29 is 14.3 Å². The molecule has 8 heteroatoms. The average Bonchev–Trinajstić information content (AvgIpc) is 2.68. The van der Waals surface area contributed by atoms with Gasteiger partial charge < -0.3 is 15.4 Å². The van der Waals surface area contributed by atoms with Crippen LogP contribution >= 0.6 is 0 Å². The van der Waals surface area contributed by atoms with Crippen molar-refractivity contribution >= 4 is 22.9 Å². The predicted octanol–water partition coefficient (Wildman–Crippen LogP) is 2.74. The maximum Gasteiger partial charge on any atom is 0.407 e. The summed E-state index contributed by atoms with van der Waals surface area (Å²) in [6.07, 6.45) is 4.67. The molecular formula is C22H30N4O4. The van der Waals surface area contributed by atoms with Gasteiger partial charge in [0.25, 0.3) is 0 Å². The topological polar surface area (TPSA) is 102 Å². The molecule has 8 nitrogen and oxygen atoms in total. The number of aryl methyl sites for hydroxylation is 1. The van der Waals surface area contributed by atoms with E-state index in [-0.39, 0.29) is 29.8 Å². The molecule has 2 amide bonds. The monoisotopic (exact) mass is 414 g/mol. The lowest BCUT2D eigenvalue weighted by molar-refractivity contribution is -0.122. The number of hydrogen-bond acceptors (Lipinski definition) is 5. The van der Waals surface area contributed by atoms with Crippen LogP contribution in [0.4, 0.5) is 4.79 Å². The van der Waals surface area contributed by atoms with E-state index in [0.29, 0.717) is 17.4 Å². The largest absolute Gasteiger partial charge is 0.444 e. The number of para-hydroxylation sites is 1. The van der Waals surface area contributed by atoms with Crippen LogP contribution in [0.15, 0.2) is 35.3 Å². The molecule has 30 heavy (non-hydrogen) atoms. The summed E-state index contributed by atoms with van der Waals surface area (Å²) >= 11 is 0. The van der Waals surface area contributed by atoms with Crippen molar-refractivity contribution in [1.82, 2.24) is 20.4 Å². The number of rotatable bonds is 5. The lowest BCUT2D eigenvalue weighted by Gasteiger charge is -2.33. The van der Waals surface area contributed by atoms with Gasteiger partial charge in [-0.3, -0.25) is 14.3 Å². The number of alkyl carbamates (subject to hydrolysis) is 1. The van der Waals surface area contributed by atoms with Gasteiger partial charge in [0.05, 0.1) is 24.3 Å². The highest BCUT2D eigenvalue weighted by Gasteiger charge is 2.29. The van der Waals surface area contributed by atoms with E-state index in [1.54, 1.807) is 10.7 Å². The fraction of sp³-hybridized carbons (Fsp3) is 0.545. The number of carbonyl (C=O) groups excluding carboxylic acids is 2. The molecule has 0 bridgehead atoms. The van der Waals surface area contributed by atoms with E-state index >= 15 is 0 Å². The van der Waals surface area contributed by atoms with Gasteiger partial charge in [0.2, 0.25) is 11.3 Å². The van der Waals surface area contributed by atoms with E-state index in [9.17, 15) is 14.4 Å². The second-order valence-corrected chi connectivity index (χ2v) is 8.71. The molecule has 1 aliphatic rings. The van der Waals surface area contributed by atoms with Gasteiger partial charge in [0, 0.05) is 17.8 Å². The third-order valence-electron chi connectivity index (χ3n) is 5.13. The minimum atomic E-state index is -0.565. The van der Waals surface area contributed by atoms with Crippen molar-refractivity contribution in [2.45, 2.75) is 77.1 Å². The molecule has 2 N–H and O–H groups in total. The molecule has 1 fully saturated rings. The SMILES string of the molecule is CC(C)(C)OC(=O)NC1CCCCC1NC(=O)CCn1ncc(=O)c2ccccc21. The van der Waals surface area contributed by atoms with Crippen molar-refractivity contribution in [2.75, 3.05) is 0 Å². The molecule has 1 aromatic carbocycles. The molecule has 0 radical (unpaired) electrons. The third kappa shape index (κ3) is 5.81. The van der Waals surface area contributed by atoms with Gasteiger partial charge in [0.1, 0.15) is 5.60 Å². The fourth-order valence-electron chi connectivity index (χ4n) is 3.76. The highest BCUT2D eigenvalue weighted by atomic mass is 16.6. The van der Waals surface area contributed by atoms with Gasteiger partial charge in [-0.25, -0.2) is 4.79 Å². The van der Waals surface area contributed by atoms with Crippen LogP contribution in [-0.2, 0) is 16.1 Å². The van der Waals surface area contributed by atoms with Crippen LogP contribution in [0.1, 0.15) is 52.9 Å². The number of aromatic nitrogens is 2. The fourth-order valence-corrected chi connectivity index (χ4v) is 3.76. The highest BCUT2D eigenvalue weighted by molar-refractivity contribution is 5.79. The van der Waals surface area contributed by atoms with Gasteiger partial charge >= 0.3 is 6.09 Å². The molecule has 2 unspecified atom stereocenters. The summed E-state index contributed by atoms with van der Waals surface area (Å²) in [7, 11) is 0. The summed E-state index contributed by atoms with van der Waals surface area (Å²) in [5, 5.41) is 10.7. The van der Waals surface area contributed by atoms with E-state index in [1.807, 2.05) is 39.0 Å². The lowest BCUT2D eigenvalue weighted by atomic mass is 9.90. The predicted molar refractivity (Wildman–Crippen MR) is 114 cm³/mol. The second kappa shape index (κ2) is 9.28. The summed E-state index contributed by atoms with van der Waals surface area (Å²) in [5.74, 6) is -0.109. The minimum absolute atomic E-state index is 0.109. The second-order valence-electron chi connectivity index (χ2n) is 8.71. The Bertz CT molecular complexity index is 963. The molecule has 1 aromatic heterocycles. The van der Waals surface area contributed by atoms with Crippen molar-refractivity contribution in [3.05, 3.63) is 40.7 Å². The van der Waals surface area contributed by atoms with Gasteiger partial charge in [-0.05, 0) is 45.7 Å².